The maximum Gasteiger partial charge on any atom is 0.110 e. The van der Waals surface area contributed by atoms with Crippen LogP contribution in [0.5, 0.6) is 0 Å². The van der Waals surface area contributed by atoms with Gasteiger partial charge in [0.05, 0.1) is 12.9 Å². The number of aliphatic hydroxyl groups excluding tert-OH is 1. The quantitative estimate of drug-likeness (QED) is 0.439. The number of rotatable bonds is 3. The molecule has 0 saturated heterocycles. The van der Waals surface area contributed by atoms with Crippen LogP contribution in [0.2, 0.25) is 0 Å². The molecule has 0 amide bonds. The Hall–Kier alpha value is -0.500. The van der Waals surface area contributed by atoms with Gasteiger partial charge in [0.15, 0.2) is 0 Å². The van der Waals surface area contributed by atoms with E-state index in [9.17, 15) is 0 Å². The highest BCUT2D eigenvalue weighted by Gasteiger charge is 1.76. The Bertz CT molecular complexity index is 72.6. The van der Waals surface area contributed by atoms with Crippen LogP contribution in [0, 0.1) is 0 Å². The standard InChI is InChI=1S/C6H12O2/c1-6(2)5-8-4-3-7/h5,7H,3-4H2,1-2H3. The van der Waals surface area contributed by atoms with Gasteiger partial charge in [-0.25, -0.2) is 0 Å². The molecule has 1 N–H and O–H groups in total. The van der Waals surface area contributed by atoms with Crippen LogP contribution in [0.25, 0.3) is 0 Å². The second-order valence-corrected chi connectivity index (χ2v) is 1.79. The maximum absolute atomic E-state index is 8.22. The fraction of sp³-hybridized carbons (Fsp3) is 0.667. The van der Waals surface area contributed by atoms with Crippen molar-refractivity contribution in [2.45, 2.75) is 13.8 Å². The van der Waals surface area contributed by atoms with Crippen LogP contribution in [-0.4, -0.2) is 18.3 Å². The summed E-state index contributed by atoms with van der Waals surface area (Å²) in [6.07, 6.45) is 1.64. The van der Waals surface area contributed by atoms with E-state index >= 15 is 0 Å². The van der Waals surface area contributed by atoms with E-state index in [4.69, 9.17) is 9.84 Å². The number of aliphatic hydroxyl groups is 1. The van der Waals surface area contributed by atoms with Crippen LogP contribution in [0.15, 0.2) is 11.8 Å². The molecule has 0 radical (unpaired) electrons. The van der Waals surface area contributed by atoms with Crippen LogP contribution in [0.1, 0.15) is 13.8 Å². The summed E-state index contributed by atoms with van der Waals surface area (Å²) < 4.78 is 4.83. The highest BCUT2D eigenvalue weighted by molar-refractivity contribution is 4.86. The van der Waals surface area contributed by atoms with Crippen molar-refractivity contribution in [2.75, 3.05) is 13.2 Å². The molecule has 0 aliphatic rings. The molecule has 0 bridgehead atoms. The fourth-order valence-electron chi connectivity index (χ4n) is 0.278. The molecule has 48 valence electrons. The third kappa shape index (κ3) is 5.50. The van der Waals surface area contributed by atoms with E-state index in [2.05, 4.69) is 0 Å². The molecular formula is C6H12O2. The smallest absolute Gasteiger partial charge is 0.110 e. The van der Waals surface area contributed by atoms with E-state index in [0.29, 0.717) is 6.61 Å². The molecule has 0 aliphatic carbocycles. The van der Waals surface area contributed by atoms with Gasteiger partial charge in [-0.2, -0.15) is 0 Å². The Kier molecular flexibility index (Phi) is 4.36. The molecule has 0 aromatic rings. The molecule has 0 heterocycles. The molecule has 0 fully saturated rings. The highest BCUT2D eigenvalue weighted by Crippen LogP contribution is 1.87. The van der Waals surface area contributed by atoms with E-state index in [1.54, 1.807) is 6.26 Å². The van der Waals surface area contributed by atoms with Crippen LogP contribution in [0.4, 0.5) is 0 Å². The van der Waals surface area contributed by atoms with Gasteiger partial charge in [-0.05, 0) is 19.4 Å². The fourth-order valence-corrected chi connectivity index (χ4v) is 0.278. The van der Waals surface area contributed by atoms with Gasteiger partial charge in [0, 0.05) is 0 Å². The molecule has 0 aromatic carbocycles. The molecular weight excluding hydrogens is 104 g/mol. The van der Waals surface area contributed by atoms with Crippen molar-refractivity contribution in [3.8, 4) is 0 Å². The second-order valence-electron chi connectivity index (χ2n) is 1.79. The Balaban J connectivity index is 3.03. The van der Waals surface area contributed by atoms with E-state index in [1.165, 1.54) is 0 Å². The first kappa shape index (κ1) is 7.50. The Morgan fingerprint density at radius 1 is 1.62 bits per heavy atom. The SMILES string of the molecule is CC(C)=COCCO. The monoisotopic (exact) mass is 116 g/mol. The molecule has 2 heteroatoms. The summed E-state index contributed by atoms with van der Waals surface area (Å²) in [5, 5.41) is 8.22. The summed E-state index contributed by atoms with van der Waals surface area (Å²) in [6, 6.07) is 0. The third-order valence-corrected chi connectivity index (χ3v) is 0.528. The van der Waals surface area contributed by atoms with E-state index < -0.39 is 0 Å². The van der Waals surface area contributed by atoms with Crippen LogP contribution in [-0.2, 0) is 4.74 Å². The second kappa shape index (κ2) is 4.65. The van der Waals surface area contributed by atoms with Gasteiger partial charge in [0.25, 0.3) is 0 Å². The third-order valence-electron chi connectivity index (χ3n) is 0.528. The minimum Gasteiger partial charge on any atom is -0.499 e. The Labute approximate surface area is 49.8 Å². The van der Waals surface area contributed by atoms with Gasteiger partial charge >= 0.3 is 0 Å². The van der Waals surface area contributed by atoms with Gasteiger partial charge in [0.1, 0.15) is 6.61 Å². The number of hydrogen-bond donors (Lipinski definition) is 1. The summed E-state index contributed by atoms with van der Waals surface area (Å²) in [4.78, 5) is 0. The van der Waals surface area contributed by atoms with Crippen molar-refractivity contribution in [3.63, 3.8) is 0 Å². The van der Waals surface area contributed by atoms with E-state index in [0.717, 1.165) is 5.57 Å². The lowest BCUT2D eigenvalue weighted by Gasteiger charge is -1.94. The van der Waals surface area contributed by atoms with Crippen molar-refractivity contribution in [2.24, 2.45) is 0 Å². The zero-order valence-corrected chi connectivity index (χ0v) is 5.35. The first-order valence-corrected chi connectivity index (χ1v) is 2.63. The summed E-state index contributed by atoms with van der Waals surface area (Å²) in [5.74, 6) is 0. The first-order valence-electron chi connectivity index (χ1n) is 2.63. The molecule has 0 unspecified atom stereocenters. The van der Waals surface area contributed by atoms with Gasteiger partial charge in [-0.3, -0.25) is 0 Å². The zero-order valence-electron chi connectivity index (χ0n) is 5.35. The van der Waals surface area contributed by atoms with E-state index in [1.807, 2.05) is 13.8 Å². The lowest BCUT2D eigenvalue weighted by molar-refractivity contribution is 0.164. The number of ether oxygens (including phenoxy) is 1. The average molecular weight is 116 g/mol. The van der Waals surface area contributed by atoms with Crippen molar-refractivity contribution in [1.82, 2.24) is 0 Å². The van der Waals surface area contributed by atoms with Crippen LogP contribution >= 0.6 is 0 Å². The average Bonchev–Trinajstić information content (AvgIpc) is 1.66. The molecule has 2 nitrogen and oxygen atoms in total. The minimum absolute atomic E-state index is 0.0871. The van der Waals surface area contributed by atoms with Crippen LogP contribution < -0.4 is 0 Å². The lowest BCUT2D eigenvalue weighted by atomic mass is 10.4. The molecule has 0 aliphatic heterocycles. The summed E-state index contributed by atoms with van der Waals surface area (Å²) in [7, 11) is 0. The lowest BCUT2D eigenvalue weighted by Crippen LogP contribution is -1.92. The van der Waals surface area contributed by atoms with E-state index in [-0.39, 0.29) is 6.61 Å². The molecule has 0 aromatic heterocycles. The van der Waals surface area contributed by atoms with Crippen LogP contribution in [0.3, 0.4) is 0 Å². The molecule has 0 spiro atoms. The van der Waals surface area contributed by atoms with Crippen molar-refractivity contribution in [1.29, 1.82) is 0 Å². The Morgan fingerprint density at radius 3 is 2.62 bits per heavy atom. The van der Waals surface area contributed by atoms with Crippen molar-refractivity contribution >= 4 is 0 Å². The Morgan fingerprint density at radius 2 is 2.25 bits per heavy atom. The maximum atomic E-state index is 8.22. The predicted molar refractivity (Wildman–Crippen MR) is 32.5 cm³/mol. The first-order chi connectivity index (χ1) is 3.77. The minimum atomic E-state index is 0.0871. The van der Waals surface area contributed by atoms with Crippen molar-refractivity contribution in [3.05, 3.63) is 11.8 Å². The molecule has 0 rings (SSSR count). The zero-order chi connectivity index (χ0) is 6.41. The number of allylic oxidation sites excluding steroid dienone is 1. The van der Waals surface area contributed by atoms with Gasteiger partial charge in [-0.15, -0.1) is 0 Å². The summed E-state index contributed by atoms with van der Waals surface area (Å²) in [5.41, 5.74) is 1.11. The summed E-state index contributed by atoms with van der Waals surface area (Å²) >= 11 is 0. The van der Waals surface area contributed by atoms with Crippen molar-refractivity contribution < 1.29 is 9.84 Å². The van der Waals surface area contributed by atoms with Gasteiger partial charge in [-0.1, -0.05) is 0 Å². The number of hydrogen-bond acceptors (Lipinski definition) is 2. The topological polar surface area (TPSA) is 29.5 Å². The predicted octanol–water partition coefficient (Wildman–Crippen LogP) is 0.919. The molecule has 8 heavy (non-hydrogen) atoms. The summed E-state index contributed by atoms with van der Waals surface area (Å²) in [6.45, 7) is 4.36. The molecule has 0 atom stereocenters. The van der Waals surface area contributed by atoms with Gasteiger partial charge < -0.3 is 9.84 Å². The highest BCUT2D eigenvalue weighted by atomic mass is 16.5. The molecule has 0 saturated carbocycles. The largest absolute Gasteiger partial charge is 0.499 e. The van der Waals surface area contributed by atoms with Gasteiger partial charge in [0.2, 0.25) is 0 Å². The normalized spacial score (nSPS) is 8.38.